The van der Waals surface area contributed by atoms with E-state index in [1.165, 1.54) is 19.3 Å². The Morgan fingerprint density at radius 2 is 1.54 bits per heavy atom. The van der Waals surface area contributed by atoms with E-state index in [0.29, 0.717) is 22.5 Å². The fraction of sp³-hybridized carbons (Fsp3) is 0.333. The highest BCUT2D eigenvalue weighted by Crippen LogP contribution is 2.17. The zero-order valence-electron chi connectivity index (χ0n) is 15.9. The molecule has 3 rings (SSSR count). The summed E-state index contributed by atoms with van der Waals surface area (Å²) in [5.74, 6) is -0.637. The number of benzene rings is 1. The predicted octanol–water partition coefficient (Wildman–Crippen LogP) is 3.31. The molecule has 0 atom stereocenters. The van der Waals surface area contributed by atoms with Crippen LogP contribution in [0.2, 0.25) is 0 Å². The fourth-order valence-corrected chi connectivity index (χ4v) is 3.22. The van der Waals surface area contributed by atoms with Gasteiger partial charge in [0.25, 0.3) is 11.8 Å². The third-order valence-corrected chi connectivity index (χ3v) is 4.58. The zero-order valence-corrected chi connectivity index (χ0v) is 15.9. The first-order valence-corrected chi connectivity index (χ1v) is 9.46. The van der Waals surface area contributed by atoms with E-state index in [4.69, 9.17) is 0 Å². The predicted molar refractivity (Wildman–Crippen MR) is 107 cm³/mol. The molecule has 0 saturated carbocycles. The van der Waals surface area contributed by atoms with Crippen LogP contribution in [0, 0.1) is 0 Å². The number of nitrogens with one attached hydrogen (secondary N) is 2. The quantitative estimate of drug-likeness (QED) is 0.851. The molecule has 0 radical (unpaired) electrons. The maximum Gasteiger partial charge on any atom is 0.257 e. The van der Waals surface area contributed by atoms with E-state index in [1.807, 2.05) is 4.90 Å². The van der Waals surface area contributed by atoms with Gasteiger partial charge < -0.3 is 15.5 Å². The van der Waals surface area contributed by atoms with E-state index in [-0.39, 0.29) is 17.7 Å². The first-order valence-electron chi connectivity index (χ1n) is 9.46. The van der Waals surface area contributed by atoms with Crippen molar-refractivity contribution in [1.82, 2.24) is 9.88 Å². The van der Waals surface area contributed by atoms with Gasteiger partial charge in [0.1, 0.15) is 0 Å². The first kappa shape index (κ1) is 19.5. The summed E-state index contributed by atoms with van der Waals surface area (Å²) in [4.78, 5) is 42.4. The van der Waals surface area contributed by atoms with E-state index in [0.717, 1.165) is 38.8 Å². The fourth-order valence-electron chi connectivity index (χ4n) is 3.22. The summed E-state index contributed by atoms with van der Waals surface area (Å²) in [6.07, 6.45) is 7.23. The van der Waals surface area contributed by atoms with Gasteiger partial charge >= 0.3 is 0 Å². The normalized spacial score (nSPS) is 14.1. The minimum absolute atomic E-state index is 0.0864. The summed E-state index contributed by atoms with van der Waals surface area (Å²) in [6.45, 7) is 2.90. The zero-order chi connectivity index (χ0) is 19.9. The maximum atomic E-state index is 12.7. The molecular formula is C21H24N4O3. The van der Waals surface area contributed by atoms with Crippen LogP contribution in [0.1, 0.15) is 53.3 Å². The Balaban J connectivity index is 1.71. The van der Waals surface area contributed by atoms with Gasteiger partial charge in [0.05, 0.1) is 11.1 Å². The van der Waals surface area contributed by atoms with Gasteiger partial charge in [-0.2, -0.15) is 0 Å². The minimum Gasteiger partial charge on any atom is -0.339 e. The Morgan fingerprint density at radius 1 is 0.893 bits per heavy atom. The third kappa shape index (κ3) is 5.16. The van der Waals surface area contributed by atoms with E-state index < -0.39 is 0 Å². The van der Waals surface area contributed by atoms with E-state index in [1.54, 1.807) is 30.3 Å². The van der Waals surface area contributed by atoms with Crippen molar-refractivity contribution in [1.29, 1.82) is 0 Å². The largest absolute Gasteiger partial charge is 0.339 e. The number of aromatic nitrogens is 1. The average Bonchev–Trinajstić information content (AvgIpc) is 2.97. The smallest absolute Gasteiger partial charge is 0.257 e. The number of rotatable bonds is 4. The number of amides is 3. The summed E-state index contributed by atoms with van der Waals surface area (Å²) in [5.41, 5.74) is 1.86. The standard InChI is InChI=1S/C21H24N4O3/c1-15(26)23-18-7-6-8-19(12-18)24-20(27)16-11-17(14-22-13-16)21(28)25-9-4-2-3-5-10-25/h6-8,11-14H,2-5,9-10H2,1H3,(H,23,26)(H,24,27). The number of carbonyl (C=O) groups excluding carboxylic acids is 3. The molecule has 2 heterocycles. The van der Waals surface area contributed by atoms with Gasteiger partial charge in [0.2, 0.25) is 5.91 Å². The van der Waals surface area contributed by atoms with Crippen molar-refractivity contribution in [3.8, 4) is 0 Å². The van der Waals surface area contributed by atoms with Crippen LogP contribution in [0.25, 0.3) is 0 Å². The van der Waals surface area contributed by atoms with Gasteiger partial charge in [0, 0.05) is 43.8 Å². The van der Waals surface area contributed by atoms with Gasteiger partial charge in [-0.3, -0.25) is 19.4 Å². The summed E-state index contributed by atoms with van der Waals surface area (Å²) in [5, 5.41) is 5.44. The molecule has 0 spiro atoms. The lowest BCUT2D eigenvalue weighted by Crippen LogP contribution is -2.32. The Labute approximate surface area is 164 Å². The van der Waals surface area contributed by atoms with E-state index in [9.17, 15) is 14.4 Å². The van der Waals surface area contributed by atoms with E-state index in [2.05, 4.69) is 15.6 Å². The van der Waals surface area contributed by atoms with Gasteiger partial charge in [-0.15, -0.1) is 0 Å². The molecular weight excluding hydrogens is 356 g/mol. The molecule has 146 valence electrons. The molecule has 3 amide bonds. The van der Waals surface area contributed by atoms with Crippen molar-refractivity contribution in [3.05, 3.63) is 53.9 Å². The number of likely N-dealkylation sites (tertiary alicyclic amines) is 1. The Hall–Kier alpha value is -3.22. The van der Waals surface area contributed by atoms with Gasteiger partial charge in [-0.25, -0.2) is 0 Å². The number of pyridine rings is 1. The number of carbonyl (C=O) groups is 3. The van der Waals surface area contributed by atoms with Crippen LogP contribution in [0.5, 0.6) is 0 Å². The van der Waals surface area contributed by atoms with Crippen LogP contribution in [-0.2, 0) is 4.79 Å². The number of hydrogen-bond donors (Lipinski definition) is 2. The summed E-state index contributed by atoms with van der Waals surface area (Å²) >= 11 is 0. The monoisotopic (exact) mass is 380 g/mol. The van der Waals surface area contributed by atoms with Crippen LogP contribution in [0.3, 0.4) is 0 Å². The van der Waals surface area contributed by atoms with E-state index >= 15 is 0 Å². The summed E-state index contributed by atoms with van der Waals surface area (Å²) in [7, 11) is 0. The van der Waals surface area contributed by atoms with Crippen molar-refractivity contribution >= 4 is 29.1 Å². The molecule has 2 N–H and O–H groups in total. The van der Waals surface area contributed by atoms with Crippen LogP contribution in [-0.4, -0.2) is 40.7 Å². The highest BCUT2D eigenvalue weighted by Gasteiger charge is 2.19. The van der Waals surface area contributed by atoms with Crippen LogP contribution < -0.4 is 10.6 Å². The molecule has 1 fully saturated rings. The van der Waals surface area contributed by atoms with Gasteiger partial charge in [-0.1, -0.05) is 18.9 Å². The lowest BCUT2D eigenvalue weighted by molar-refractivity contribution is -0.114. The Kier molecular flexibility index (Phi) is 6.37. The molecule has 2 aromatic rings. The first-order chi connectivity index (χ1) is 13.5. The second-order valence-corrected chi connectivity index (χ2v) is 6.88. The highest BCUT2D eigenvalue weighted by molar-refractivity contribution is 6.06. The van der Waals surface area contributed by atoms with Crippen molar-refractivity contribution in [2.75, 3.05) is 23.7 Å². The SMILES string of the molecule is CC(=O)Nc1cccc(NC(=O)c2cncc(C(=O)N3CCCCCC3)c2)c1. The molecule has 1 aromatic heterocycles. The number of nitrogens with zero attached hydrogens (tertiary/aromatic N) is 2. The molecule has 1 aliphatic heterocycles. The van der Waals surface area contributed by atoms with Gasteiger partial charge in [0.15, 0.2) is 0 Å². The second kappa shape index (κ2) is 9.12. The Bertz CT molecular complexity index is 873. The molecule has 1 saturated heterocycles. The third-order valence-electron chi connectivity index (χ3n) is 4.58. The number of hydrogen-bond acceptors (Lipinski definition) is 4. The maximum absolute atomic E-state index is 12.7. The topological polar surface area (TPSA) is 91.4 Å². The lowest BCUT2D eigenvalue weighted by Gasteiger charge is -2.20. The van der Waals surface area contributed by atoms with Crippen LogP contribution in [0.4, 0.5) is 11.4 Å². The molecule has 0 aliphatic carbocycles. The van der Waals surface area contributed by atoms with Crippen LogP contribution >= 0.6 is 0 Å². The van der Waals surface area contributed by atoms with Crippen molar-refractivity contribution < 1.29 is 14.4 Å². The van der Waals surface area contributed by atoms with Crippen LogP contribution in [0.15, 0.2) is 42.7 Å². The molecule has 0 unspecified atom stereocenters. The molecule has 0 bridgehead atoms. The molecule has 1 aliphatic rings. The summed E-state index contributed by atoms with van der Waals surface area (Å²) < 4.78 is 0. The van der Waals surface area contributed by atoms with Crippen molar-refractivity contribution in [3.63, 3.8) is 0 Å². The lowest BCUT2D eigenvalue weighted by atomic mass is 10.1. The molecule has 28 heavy (non-hydrogen) atoms. The summed E-state index contributed by atoms with van der Waals surface area (Å²) in [6, 6.07) is 8.44. The molecule has 7 nitrogen and oxygen atoms in total. The minimum atomic E-state index is -0.363. The highest BCUT2D eigenvalue weighted by atomic mass is 16.2. The molecule has 7 heteroatoms. The van der Waals surface area contributed by atoms with Crippen molar-refractivity contribution in [2.24, 2.45) is 0 Å². The van der Waals surface area contributed by atoms with Crippen molar-refractivity contribution in [2.45, 2.75) is 32.6 Å². The Morgan fingerprint density at radius 3 is 2.21 bits per heavy atom. The molecule has 1 aromatic carbocycles. The number of anilines is 2. The van der Waals surface area contributed by atoms with Gasteiger partial charge in [-0.05, 0) is 37.1 Å². The average molecular weight is 380 g/mol. The second-order valence-electron chi connectivity index (χ2n) is 6.88.